The molecule has 0 aromatic heterocycles. The molecule has 248 valence electrons. The Labute approximate surface area is 270 Å². The predicted molar refractivity (Wildman–Crippen MR) is 168 cm³/mol. The highest BCUT2D eigenvalue weighted by Gasteiger charge is 2.89. The fraction of sp³-hybridized carbons (Fsp3) is 0.595. The van der Waals surface area contributed by atoms with Crippen LogP contribution in [-0.2, 0) is 34.5 Å². The number of carbonyl (C=O) groups excluding carboxylic acids is 1. The van der Waals surface area contributed by atoms with E-state index in [2.05, 4.69) is 26.5 Å². The van der Waals surface area contributed by atoms with E-state index in [0.29, 0.717) is 18.4 Å². The zero-order valence-corrected chi connectivity index (χ0v) is 27.0. The van der Waals surface area contributed by atoms with Crippen LogP contribution in [0.3, 0.4) is 0 Å². The fourth-order valence-electron chi connectivity index (χ4n) is 9.90. The van der Waals surface area contributed by atoms with E-state index < -0.39 is 82.9 Å². The molecule has 0 radical (unpaired) electrons. The maximum Gasteiger partial charge on any atom is 0.317 e. The van der Waals surface area contributed by atoms with Gasteiger partial charge in [-0.25, -0.2) is 0 Å². The van der Waals surface area contributed by atoms with Gasteiger partial charge in [-0.1, -0.05) is 88.4 Å². The fourth-order valence-corrected chi connectivity index (χ4v) is 9.90. The molecule has 3 saturated carbocycles. The van der Waals surface area contributed by atoms with Gasteiger partial charge in [0, 0.05) is 17.4 Å². The van der Waals surface area contributed by atoms with Crippen molar-refractivity contribution in [1.82, 2.24) is 0 Å². The standard InChI is InChI=1S/C37H46O9/c1-6-7-8-9-10-11-15-18-42-31(39)27-23(4)19-26-35(27,41)32(40)34(21-38)30(43-34)28-29-33(22(2)3)20-24(5)36(26,28)46-37(44-29,45-33)25-16-13-12-14-17-25/h8-18,23-24,26-30,32,38,40-41H,2,6-7,19-21H2,1,3-5H3/b9-8+,11-10+,18-15+/t23-,24+,26+,27+,28+,29+,30-,32+,33+,34-,35+,36-,37?/m0/s1. The number of aliphatic hydroxyl groups is 3. The molecular formula is C37H46O9. The number of hydrogen-bond donors (Lipinski definition) is 3. The van der Waals surface area contributed by atoms with Crippen molar-refractivity contribution in [2.45, 2.75) is 100 Å². The molecular weight excluding hydrogens is 588 g/mol. The Morgan fingerprint density at radius 1 is 1.09 bits per heavy atom. The van der Waals surface area contributed by atoms with Crippen molar-refractivity contribution in [2.24, 2.45) is 29.6 Å². The minimum Gasteiger partial charge on any atom is -0.434 e. The van der Waals surface area contributed by atoms with E-state index in [4.69, 9.17) is 23.7 Å². The Morgan fingerprint density at radius 3 is 2.52 bits per heavy atom. The molecule has 3 aliphatic heterocycles. The summed E-state index contributed by atoms with van der Waals surface area (Å²) in [6, 6.07) is 9.45. The Morgan fingerprint density at radius 2 is 1.83 bits per heavy atom. The van der Waals surface area contributed by atoms with Crippen LogP contribution in [0, 0.1) is 29.6 Å². The number of rotatable bonds is 9. The average Bonchev–Trinajstić information content (AvgIpc) is 3.65. The second-order valence-corrected chi connectivity index (χ2v) is 14.4. The lowest BCUT2D eigenvalue weighted by Crippen LogP contribution is -2.72. The molecule has 13 atom stereocenters. The molecule has 9 heteroatoms. The molecule has 1 aromatic rings. The summed E-state index contributed by atoms with van der Waals surface area (Å²) >= 11 is 0. The van der Waals surface area contributed by atoms with Crippen LogP contribution >= 0.6 is 0 Å². The highest BCUT2D eigenvalue weighted by Crippen LogP contribution is 2.75. The highest BCUT2D eigenvalue weighted by atomic mass is 16.9. The van der Waals surface area contributed by atoms with Crippen molar-refractivity contribution < 1.29 is 43.8 Å². The van der Waals surface area contributed by atoms with Crippen LogP contribution in [0.4, 0.5) is 0 Å². The van der Waals surface area contributed by atoms with Gasteiger partial charge in [0.2, 0.25) is 0 Å². The van der Waals surface area contributed by atoms with Crippen molar-refractivity contribution in [3.63, 3.8) is 0 Å². The molecule has 46 heavy (non-hydrogen) atoms. The van der Waals surface area contributed by atoms with E-state index in [0.717, 1.165) is 18.4 Å². The number of epoxide rings is 1. The third kappa shape index (κ3) is 4.03. The lowest BCUT2D eigenvalue weighted by molar-refractivity contribution is -0.443. The number of aliphatic hydroxyl groups excluding tert-OH is 2. The van der Waals surface area contributed by atoms with Gasteiger partial charge in [0.1, 0.15) is 35.1 Å². The monoisotopic (exact) mass is 634 g/mol. The molecule has 0 spiro atoms. The summed E-state index contributed by atoms with van der Waals surface area (Å²) < 4.78 is 32.9. The summed E-state index contributed by atoms with van der Waals surface area (Å²) in [7, 11) is 0. The van der Waals surface area contributed by atoms with E-state index in [1.165, 1.54) is 6.26 Å². The zero-order chi connectivity index (χ0) is 32.7. The first kappa shape index (κ1) is 31.9. The highest BCUT2D eigenvalue weighted by molar-refractivity contribution is 5.76. The topological polar surface area (TPSA) is 127 Å². The largest absolute Gasteiger partial charge is 0.434 e. The van der Waals surface area contributed by atoms with Crippen LogP contribution in [0.25, 0.3) is 0 Å². The van der Waals surface area contributed by atoms with Crippen LogP contribution in [-0.4, -0.2) is 68.6 Å². The van der Waals surface area contributed by atoms with Crippen LogP contribution in [0.2, 0.25) is 0 Å². The molecule has 3 heterocycles. The molecule has 1 unspecified atom stereocenters. The van der Waals surface area contributed by atoms with E-state index >= 15 is 0 Å². The maximum absolute atomic E-state index is 13.9. The molecule has 6 aliphatic rings. The second-order valence-electron chi connectivity index (χ2n) is 14.4. The Balaban J connectivity index is 1.32. The zero-order valence-electron chi connectivity index (χ0n) is 27.0. The Hall–Kier alpha value is -2.63. The number of esters is 1. The third-order valence-corrected chi connectivity index (χ3v) is 11.9. The molecule has 1 aromatic carbocycles. The summed E-state index contributed by atoms with van der Waals surface area (Å²) in [6.07, 6.45) is 10.5. The average molecular weight is 635 g/mol. The summed E-state index contributed by atoms with van der Waals surface area (Å²) in [5.41, 5.74) is -4.23. The van der Waals surface area contributed by atoms with Crippen LogP contribution < -0.4 is 0 Å². The third-order valence-electron chi connectivity index (χ3n) is 11.9. The predicted octanol–water partition coefficient (Wildman–Crippen LogP) is 4.43. The van der Waals surface area contributed by atoms with Gasteiger partial charge in [-0.3, -0.25) is 4.79 Å². The van der Waals surface area contributed by atoms with Crippen LogP contribution in [0.5, 0.6) is 0 Å². The van der Waals surface area contributed by atoms with Gasteiger partial charge in [-0.05, 0) is 49.7 Å². The number of benzene rings is 1. The van der Waals surface area contributed by atoms with Crippen LogP contribution in [0.1, 0.15) is 58.9 Å². The van der Waals surface area contributed by atoms with Gasteiger partial charge in [0.15, 0.2) is 0 Å². The first-order valence-corrected chi connectivity index (χ1v) is 16.7. The first-order chi connectivity index (χ1) is 22.0. The van der Waals surface area contributed by atoms with E-state index in [-0.39, 0.29) is 5.92 Å². The lowest BCUT2D eigenvalue weighted by atomic mass is 9.53. The first-order valence-electron chi connectivity index (χ1n) is 16.7. The number of hydrogen-bond acceptors (Lipinski definition) is 9. The number of fused-ring (bicyclic) bond motifs is 3. The van der Waals surface area contributed by atoms with Crippen LogP contribution in [0.15, 0.2) is 79.1 Å². The van der Waals surface area contributed by atoms with Crippen molar-refractivity contribution in [3.05, 3.63) is 84.7 Å². The van der Waals surface area contributed by atoms with Crippen molar-refractivity contribution in [1.29, 1.82) is 0 Å². The van der Waals surface area contributed by atoms with Crippen molar-refractivity contribution in [3.8, 4) is 0 Å². The van der Waals surface area contributed by atoms with Gasteiger partial charge >= 0.3 is 11.9 Å². The SMILES string of the molecule is C=C(C)[C@]12C[C@@H](C)[C@@]34OC(c5ccccc5)(O[C@@H]1[C@@H]3[C@@H]1O[C@]1(CO)[C@@H](O)[C@@]1(O)[C@H]4C[C@H](C)[C@@H]1C(=O)O/C=C/C=C/C=C/CCC)O2. The Kier molecular flexibility index (Phi) is 7.61. The van der Waals surface area contributed by atoms with E-state index in [9.17, 15) is 20.1 Å². The molecule has 3 aliphatic carbocycles. The number of allylic oxidation sites excluding steroid dienone is 5. The van der Waals surface area contributed by atoms with Gasteiger partial charge < -0.3 is 39.0 Å². The molecule has 7 rings (SSSR count). The number of carbonyl (C=O) groups is 1. The minimum atomic E-state index is -2.05. The van der Waals surface area contributed by atoms with Crippen molar-refractivity contribution >= 4 is 5.97 Å². The summed E-state index contributed by atoms with van der Waals surface area (Å²) in [4.78, 5) is 13.9. The normalized spacial score (nSPS) is 48.4. The van der Waals surface area contributed by atoms with Gasteiger partial charge in [0.25, 0.3) is 0 Å². The molecule has 3 saturated heterocycles. The van der Waals surface area contributed by atoms with Gasteiger partial charge in [-0.15, -0.1) is 0 Å². The van der Waals surface area contributed by atoms with E-state index in [1.54, 1.807) is 12.2 Å². The van der Waals surface area contributed by atoms with Gasteiger partial charge in [0.05, 0.1) is 24.4 Å². The molecule has 6 fully saturated rings. The smallest absolute Gasteiger partial charge is 0.317 e. The summed E-state index contributed by atoms with van der Waals surface area (Å²) in [5, 5.41) is 36.0. The molecule has 0 amide bonds. The molecule has 3 N–H and O–H groups in total. The summed E-state index contributed by atoms with van der Waals surface area (Å²) in [6.45, 7) is 11.8. The molecule has 9 nitrogen and oxygen atoms in total. The number of unbranched alkanes of at least 4 members (excludes halogenated alkanes) is 1. The second kappa shape index (κ2) is 11.0. The number of ether oxygens (including phenoxy) is 5. The van der Waals surface area contributed by atoms with E-state index in [1.807, 2.05) is 56.3 Å². The van der Waals surface area contributed by atoms with Gasteiger partial charge in [-0.2, -0.15) is 0 Å². The Bertz CT molecular complexity index is 1470. The quantitative estimate of drug-likeness (QED) is 0.119. The maximum atomic E-state index is 13.9. The lowest BCUT2D eigenvalue weighted by Gasteiger charge is -2.60. The summed E-state index contributed by atoms with van der Waals surface area (Å²) in [5.74, 6) is -5.31. The molecule has 3 bridgehead atoms. The minimum absolute atomic E-state index is 0.241. The van der Waals surface area contributed by atoms with Crippen molar-refractivity contribution in [2.75, 3.05) is 6.61 Å².